The molecular weight excluding hydrogens is 531 g/mol. The monoisotopic (exact) mass is 574 g/mol. The lowest BCUT2D eigenvalue weighted by molar-refractivity contribution is -0.158. The lowest BCUT2D eigenvalue weighted by Gasteiger charge is -2.62. The van der Waals surface area contributed by atoms with Gasteiger partial charge < -0.3 is 15.0 Å². The summed E-state index contributed by atoms with van der Waals surface area (Å²) in [6.07, 6.45) is 12.9. The second-order valence-electron chi connectivity index (χ2n) is 12.8. The first kappa shape index (κ1) is 28.8. The number of piperidine rings is 1. The zero-order valence-corrected chi connectivity index (χ0v) is 25.0. The molecule has 214 valence electrons. The highest BCUT2D eigenvalue weighted by Crippen LogP contribution is 2.62. The Morgan fingerprint density at radius 2 is 1.82 bits per heavy atom. The predicted molar refractivity (Wildman–Crippen MR) is 159 cm³/mol. The Hall–Kier alpha value is -1.72. The van der Waals surface area contributed by atoms with Crippen LogP contribution in [0.5, 0.6) is 0 Å². The van der Waals surface area contributed by atoms with Gasteiger partial charge in [0.15, 0.2) is 0 Å². The third-order valence-electron chi connectivity index (χ3n) is 10.8. The second-order valence-corrected chi connectivity index (χ2v) is 13.5. The number of hydrogen-bond donors (Lipinski definition) is 1. The number of rotatable bonds is 8. The first-order valence-corrected chi connectivity index (χ1v) is 16.0. The van der Waals surface area contributed by atoms with Gasteiger partial charge in [0.25, 0.3) is 0 Å². The van der Waals surface area contributed by atoms with Gasteiger partial charge in [0.1, 0.15) is 6.10 Å². The number of anilines is 1. The smallest absolute Gasteiger partial charge is 0.331 e. The molecule has 1 saturated heterocycles. The third kappa shape index (κ3) is 5.86. The van der Waals surface area contributed by atoms with Crippen molar-refractivity contribution in [1.29, 1.82) is 0 Å². The maximum Gasteiger partial charge on any atom is 0.331 e. The number of nitrogens with one attached hydrogen (secondary N) is 1. The van der Waals surface area contributed by atoms with Crippen molar-refractivity contribution in [3.8, 4) is 0 Å². The molecule has 3 saturated carbocycles. The quantitative estimate of drug-likeness (QED) is 0.210. The Morgan fingerprint density at radius 1 is 1.05 bits per heavy atom. The van der Waals surface area contributed by atoms with E-state index >= 15 is 0 Å². The number of carbonyl (C=O) groups excluding carboxylic acids is 2. The number of nitrogens with zero attached hydrogens (tertiary/aromatic N) is 1. The van der Waals surface area contributed by atoms with Crippen LogP contribution in [-0.2, 0) is 14.3 Å². The topological polar surface area (TPSA) is 58.6 Å². The zero-order valence-electron chi connectivity index (χ0n) is 23.5. The summed E-state index contributed by atoms with van der Waals surface area (Å²) in [6, 6.07) is 8.01. The van der Waals surface area contributed by atoms with Crippen LogP contribution in [0.1, 0.15) is 77.2 Å². The van der Waals surface area contributed by atoms with Crippen molar-refractivity contribution in [2.24, 2.45) is 29.1 Å². The fourth-order valence-electron chi connectivity index (χ4n) is 8.84. The molecule has 1 amide bonds. The number of benzene rings is 1. The Kier molecular flexibility index (Phi) is 8.88. The number of carbonyl (C=O) groups is 2. The molecule has 4 fully saturated rings. The number of esters is 1. The maximum absolute atomic E-state index is 12.9. The molecule has 1 aromatic carbocycles. The number of hydrogen-bond acceptors (Lipinski definition) is 4. The molecule has 7 heteroatoms. The first-order chi connectivity index (χ1) is 18.8. The molecule has 39 heavy (non-hydrogen) atoms. The molecule has 0 bridgehead atoms. The standard InChI is InChI=1S/C32H44Cl2N2O3/c1-31-15-13-24(39-30(38)12-7-22-5-3-4-6-28(22)36(19-17-33)20-18-34)21-23(31)8-9-25-26(31)14-16-32(2)27(25)10-11-29(37)35-32/h3-7,12,23-27H,8-11,13-21H2,1-2H3,(H,35,37)/b12-7-/t23-,24-,25+,26-,27+,31-,32+/m0/s1. The first-order valence-electron chi connectivity index (χ1n) is 14.9. The van der Waals surface area contributed by atoms with E-state index in [1.807, 2.05) is 30.3 Å². The highest BCUT2D eigenvalue weighted by molar-refractivity contribution is 6.18. The van der Waals surface area contributed by atoms with E-state index in [4.69, 9.17) is 27.9 Å². The van der Waals surface area contributed by atoms with Crippen LogP contribution in [0.2, 0.25) is 0 Å². The molecule has 1 heterocycles. The van der Waals surface area contributed by atoms with E-state index in [9.17, 15) is 9.59 Å². The van der Waals surface area contributed by atoms with Crippen LogP contribution in [0.3, 0.4) is 0 Å². The SMILES string of the molecule is C[C@]12CC[C@H](OC(=O)/C=C\c3ccccc3N(CCCl)CCCl)C[C@@H]1CC[C@H]1[C@H]3CCC(=O)N[C@]3(C)CC[C@@H]12. The minimum absolute atomic E-state index is 0.0150. The normalized spacial score (nSPS) is 35.9. The summed E-state index contributed by atoms with van der Waals surface area (Å²) < 4.78 is 6.02. The summed E-state index contributed by atoms with van der Waals surface area (Å²) >= 11 is 12.0. The van der Waals surface area contributed by atoms with Gasteiger partial charge in [-0.15, -0.1) is 23.2 Å². The minimum atomic E-state index is -0.264. The van der Waals surface area contributed by atoms with Gasteiger partial charge in [-0.3, -0.25) is 4.79 Å². The van der Waals surface area contributed by atoms with Crippen LogP contribution in [0.4, 0.5) is 5.69 Å². The summed E-state index contributed by atoms with van der Waals surface area (Å²) in [5.74, 6) is 3.59. The van der Waals surface area contributed by atoms with E-state index < -0.39 is 0 Å². The van der Waals surface area contributed by atoms with Crippen LogP contribution in [-0.4, -0.2) is 48.4 Å². The van der Waals surface area contributed by atoms with Gasteiger partial charge in [-0.2, -0.15) is 0 Å². The molecule has 5 nitrogen and oxygen atoms in total. The second kappa shape index (κ2) is 12.0. The average Bonchev–Trinajstić information content (AvgIpc) is 2.91. The van der Waals surface area contributed by atoms with E-state index in [2.05, 4.69) is 24.1 Å². The summed E-state index contributed by atoms with van der Waals surface area (Å²) in [7, 11) is 0. The Bertz CT molecular complexity index is 1070. The number of para-hydroxylation sites is 1. The summed E-state index contributed by atoms with van der Waals surface area (Å²) in [4.78, 5) is 27.2. The van der Waals surface area contributed by atoms with Gasteiger partial charge in [-0.25, -0.2) is 4.79 Å². The van der Waals surface area contributed by atoms with E-state index in [1.165, 1.54) is 19.3 Å². The predicted octanol–water partition coefficient (Wildman–Crippen LogP) is 6.81. The van der Waals surface area contributed by atoms with Gasteiger partial charge in [0.05, 0.1) is 0 Å². The number of ether oxygens (including phenoxy) is 1. The van der Waals surface area contributed by atoms with Crippen LogP contribution < -0.4 is 10.2 Å². The van der Waals surface area contributed by atoms with Crippen molar-refractivity contribution in [2.75, 3.05) is 29.7 Å². The van der Waals surface area contributed by atoms with Gasteiger partial charge in [-0.1, -0.05) is 25.1 Å². The van der Waals surface area contributed by atoms with Crippen molar-refractivity contribution in [3.63, 3.8) is 0 Å². The fraction of sp³-hybridized carbons (Fsp3) is 0.688. The van der Waals surface area contributed by atoms with Crippen molar-refractivity contribution in [1.82, 2.24) is 5.32 Å². The van der Waals surface area contributed by atoms with E-state index in [-0.39, 0.29) is 23.5 Å². The summed E-state index contributed by atoms with van der Waals surface area (Å²) in [6.45, 7) is 6.19. The lowest BCUT2D eigenvalue weighted by Crippen LogP contribution is -2.63. The number of amides is 1. The molecule has 0 aromatic heterocycles. The number of halogens is 2. The van der Waals surface area contributed by atoms with Gasteiger partial charge >= 0.3 is 5.97 Å². The molecule has 1 aromatic rings. The van der Waals surface area contributed by atoms with Crippen molar-refractivity contribution < 1.29 is 14.3 Å². The van der Waals surface area contributed by atoms with Gasteiger partial charge in [0.2, 0.25) is 5.91 Å². The maximum atomic E-state index is 12.9. The van der Waals surface area contributed by atoms with Crippen LogP contribution >= 0.6 is 23.2 Å². The minimum Gasteiger partial charge on any atom is -0.459 e. The van der Waals surface area contributed by atoms with Crippen LogP contribution in [0.15, 0.2) is 30.3 Å². The summed E-state index contributed by atoms with van der Waals surface area (Å²) in [5.41, 5.74) is 2.26. The highest BCUT2D eigenvalue weighted by Gasteiger charge is 2.58. The molecule has 1 N–H and O–H groups in total. The van der Waals surface area contributed by atoms with Crippen molar-refractivity contribution in [2.45, 2.75) is 83.3 Å². The molecule has 3 aliphatic carbocycles. The average molecular weight is 576 g/mol. The van der Waals surface area contributed by atoms with Crippen LogP contribution in [0.25, 0.3) is 6.08 Å². The summed E-state index contributed by atoms with van der Waals surface area (Å²) in [5, 5.41) is 3.37. The third-order valence-corrected chi connectivity index (χ3v) is 11.1. The molecule has 7 atom stereocenters. The highest BCUT2D eigenvalue weighted by atomic mass is 35.5. The van der Waals surface area contributed by atoms with E-state index in [1.54, 1.807) is 6.08 Å². The lowest BCUT2D eigenvalue weighted by atomic mass is 9.45. The molecule has 1 aliphatic heterocycles. The number of fused-ring (bicyclic) bond motifs is 5. The van der Waals surface area contributed by atoms with Gasteiger partial charge in [-0.05, 0) is 105 Å². The van der Waals surface area contributed by atoms with Crippen molar-refractivity contribution >= 4 is 46.8 Å². The van der Waals surface area contributed by atoms with E-state index in [0.717, 1.165) is 43.4 Å². The van der Waals surface area contributed by atoms with Gasteiger partial charge in [0, 0.05) is 48.6 Å². The van der Waals surface area contributed by atoms with E-state index in [0.29, 0.717) is 60.4 Å². The largest absolute Gasteiger partial charge is 0.459 e. The Morgan fingerprint density at radius 3 is 2.59 bits per heavy atom. The number of alkyl halides is 2. The van der Waals surface area contributed by atoms with Crippen LogP contribution in [0, 0.1) is 29.1 Å². The molecule has 0 spiro atoms. The molecule has 4 aliphatic rings. The molecular formula is C32H44Cl2N2O3. The Balaban J connectivity index is 1.21. The fourth-order valence-corrected chi connectivity index (χ4v) is 9.24. The molecule has 0 radical (unpaired) electrons. The van der Waals surface area contributed by atoms with Crippen molar-refractivity contribution in [3.05, 3.63) is 35.9 Å². The molecule has 0 unspecified atom stereocenters. The zero-order chi connectivity index (χ0) is 27.6. The molecule has 5 rings (SSSR count). The Labute approximate surface area is 244 Å².